The zero-order chi connectivity index (χ0) is 17.5. The molecule has 0 saturated heterocycles. The van der Waals surface area contributed by atoms with Crippen LogP contribution in [0.4, 0.5) is 0 Å². The molecule has 0 amide bonds. The first-order valence-corrected chi connectivity index (χ1v) is 8.62. The van der Waals surface area contributed by atoms with Crippen molar-refractivity contribution in [3.8, 4) is 16.3 Å². The Bertz CT molecular complexity index is 950. The number of aliphatic imine (C=N–C) groups is 1. The van der Waals surface area contributed by atoms with Gasteiger partial charge in [-0.25, -0.2) is 0 Å². The van der Waals surface area contributed by atoms with Gasteiger partial charge in [0.05, 0.1) is 5.52 Å². The maximum Gasteiger partial charge on any atom is 0.124 e. The predicted molar refractivity (Wildman–Crippen MR) is 106 cm³/mol. The molecule has 0 fully saturated rings. The molecule has 1 aromatic heterocycles. The Morgan fingerprint density at radius 3 is 2.42 bits per heavy atom. The van der Waals surface area contributed by atoms with E-state index in [9.17, 15) is 0 Å². The van der Waals surface area contributed by atoms with Crippen LogP contribution in [0.5, 0.6) is 5.75 Å². The average molecular weight is 538 g/mol. The molecule has 0 aliphatic rings. The molecule has 0 spiro atoms. The summed E-state index contributed by atoms with van der Waals surface area (Å²) in [6, 6.07) is 26.4. The minimum Gasteiger partial charge on any atom is -0.507 e. The number of aromatic hydroxyl groups is 1. The largest absolute Gasteiger partial charge is 0.507 e. The second-order valence-electron chi connectivity index (χ2n) is 5.21. The van der Waals surface area contributed by atoms with Crippen LogP contribution in [0.25, 0.3) is 20.8 Å². The normalized spacial score (nSPS) is 10.2. The third kappa shape index (κ3) is 5.08. The van der Waals surface area contributed by atoms with E-state index in [0.29, 0.717) is 0 Å². The fraction of sp³-hybridized carbons (Fsp3) is 0.0476. The molecule has 4 aromatic rings. The predicted octanol–water partition coefficient (Wildman–Crippen LogP) is 5.20. The van der Waals surface area contributed by atoms with Crippen LogP contribution < -0.4 is 0 Å². The Balaban J connectivity index is 0.000000195. The number of phenols is 1. The van der Waals surface area contributed by atoms with Gasteiger partial charge >= 0.3 is 0 Å². The van der Waals surface area contributed by atoms with Crippen LogP contribution in [0.3, 0.4) is 0 Å². The van der Waals surface area contributed by atoms with Gasteiger partial charge < -0.3 is 5.11 Å². The molecule has 5 heteroatoms. The molecule has 1 N–H and O–H groups in total. The van der Waals surface area contributed by atoms with Crippen molar-refractivity contribution in [3.05, 3.63) is 84.4 Å². The molecule has 1 radical (unpaired) electrons. The molecule has 0 saturated carbocycles. The van der Waals surface area contributed by atoms with E-state index in [1.54, 1.807) is 36.7 Å². The molecular weight excluding hydrogens is 521 g/mol. The summed E-state index contributed by atoms with van der Waals surface area (Å²) in [6.45, 7) is 0. The summed E-state index contributed by atoms with van der Waals surface area (Å²) >= 11 is 1.71. The Hall–Kier alpha value is -2.33. The summed E-state index contributed by atoms with van der Waals surface area (Å²) in [4.78, 5) is 8.35. The van der Waals surface area contributed by atoms with E-state index in [-0.39, 0.29) is 25.9 Å². The number of aromatic nitrogens is 1. The Kier molecular flexibility index (Phi) is 7.67. The summed E-state index contributed by atoms with van der Waals surface area (Å²) < 4.78 is 1.23. The number of para-hydroxylation sites is 2. The van der Waals surface area contributed by atoms with Crippen molar-refractivity contribution in [1.29, 1.82) is 0 Å². The second kappa shape index (κ2) is 9.97. The quantitative estimate of drug-likeness (QED) is 0.282. The maximum atomic E-state index is 9.15. The van der Waals surface area contributed by atoms with Crippen LogP contribution in [-0.4, -0.2) is 23.4 Å². The van der Waals surface area contributed by atoms with Gasteiger partial charge in [-0.3, -0.25) is 9.98 Å². The summed E-state index contributed by atoms with van der Waals surface area (Å²) in [5, 5.41) is 10.2. The Morgan fingerprint density at radius 2 is 1.73 bits per heavy atom. The molecule has 3 aromatic carbocycles. The van der Waals surface area contributed by atoms with Gasteiger partial charge in [0.25, 0.3) is 0 Å². The number of phenolic OH excluding ortho intramolecular Hbond substituents is 1. The number of rotatable bonds is 2. The Labute approximate surface area is 170 Å². The minimum absolute atomic E-state index is 0. The Morgan fingerprint density at radius 1 is 1.00 bits per heavy atom. The maximum absolute atomic E-state index is 9.15. The molecule has 3 nitrogen and oxygen atoms in total. The van der Waals surface area contributed by atoms with Crippen LogP contribution in [0.1, 0.15) is 5.56 Å². The first-order valence-electron chi connectivity index (χ1n) is 7.81. The van der Waals surface area contributed by atoms with Gasteiger partial charge in [-0.1, -0.05) is 24.3 Å². The van der Waals surface area contributed by atoms with Crippen molar-refractivity contribution < 1.29 is 25.2 Å². The molecule has 0 unspecified atom stereocenters. The topological polar surface area (TPSA) is 45.5 Å². The molecule has 0 atom stereocenters. The number of thiazole rings is 1. The van der Waals surface area contributed by atoms with Crippen molar-refractivity contribution >= 4 is 27.8 Å². The van der Waals surface area contributed by atoms with Crippen molar-refractivity contribution in [1.82, 2.24) is 4.98 Å². The molecule has 0 aliphatic heterocycles. The van der Waals surface area contributed by atoms with Crippen LogP contribution in [0.2, 0.25) is 0 Å². The number of nitrogens with zero attached hydrogens (tertiary/aromatic N) is 2. The van der Waals surface area contributed by atoms with Gasteiger partial charge in [0.2, 0.25) is 0 Å². The number of fused-ring (bicyclic) bond motifs is 1. The van der Waals surface area contributed by atoms with Crippen molar-refractivity contribution in [2.45, 2.75) is 0 Å². The van der Waals surface area contributed by atoms with Gasteiger partial charge in [0, 0.05) is 48.6 Å². The molecule has 1 heterocycles. The summed E-state index contributed by atoms with van der Waals surface area (Å²) in [5.74, 6) is 0.271. The molecule has 4 rings (SSSR count). The van der Waals surface area contributed by atoms with Crippen LogP contribution in [0.15, 0.2) is 77.8 Å². The van der Waals surface area contributed by atoms with Crippen LogP contribution in [-0.2, 0) is 20.1 Å². The van der Waals surface area contributed by atoms with Gasteiger partial charge in [0.1, 0.15) is 5.75 Å². The van der Waals surface area contributed by atoms with Crippen molar-refractivity contribution in [3.63, 3.8) is 0 Å². The standard InChI is InChI=1S/C13H8NS.C8H9NO.Ir/c1-2-6-10(7-3-1)13-14-11-8-4-5-9-12(11)15-13;1-9-6-7-4-2-3-5-8(7)10;/h1-6,8-9H;2-6,10H,1H3;/q-1;;. The number of hydrogen-bond donors (Lipinski definition) is 1. The van der Waals surface area contributed by atoms with Crippen LogP contribution in [0, 0.1) is 6.07 Å². The zero-order valence-electron chi connectivity index (χ0n) is 14.1. The fourth-order valence-corrected chi connectivity index (χ4v) is 3.20. The first-order chi connectivity index (χ1) is 12.3. The molecule has 0 aliphatic carbocycles. The van der Waals surface area contributed by atoms with Gasteiger partial charge in [-0.15, -0.1) is 35.9 Å². The van der Waals surface area contributed by atoms with E-state index in [4.69, 9.17) is 5.11 Å². The smallest absolute Gasteiger partial charge is 0.124 e. The third-order valence-corrected chi connectivity index (χ3v) is 4.51. The monoisotopic (exact) mass is 538 g/mol. The first kappa shape index (κ1) is 20.0. The van der Waals surface area contributed by atoms with E-state index in [2.05, 4.69) is 22.1 Å². The van der Waals surface area contributed by atoms with Crippen LogP contribution >= 0.6 is 11.3 Å². The van der Waals surface area contributed by atoms with Crippen molar-refractivity contribution in [2.24, 2.45) is 4.99 Å². The molecule has 0 bridgehead atoms. The number of hydrogen-bond acceptors (Lipinski definition) is 4. The van der Waals surface area contributed by atoms with Gasteiger partial charge in [0.15, 0.2) is 0 Å². The summed E-state index contributed by atoms with van der Waals surface area (Å²) in [6.07, 6.45) is 1.62. The zero-order valence-corrected chi connectivity index (χ0v) is 17.3. The van der Waals surface area contributed by atoms with E-state index in [1.807, 2.05) is 54.6 Å². The number of benzene rings is 3. The van der Waals surface area contributed by atoms with Gasteiger partial charge in [-0.2, -0.15) is 11.3 Å². The fourth-order valence-electron chi connectivity index (χ4n) is 2.25. The third-order valence-electron chi connectivity index (χ3n) is 3.44. The summed E-state index contributed by atoms with van der Waals surface area (Å²) in [5.41, 5.74) is 2.89. The van der Waals surface area contributed by atoms with E-state index in [0.717, 1.165) is 21.7 Å². The second-order valence-corrected chi connectivity index (χ2v) is 6.24. The summed E-state index contributed by atoms with van der Waals surface area (Å²) in [7, 11) is 1.67. The van der Waals surface area contributed by atoms with E-state index >= 15 is 0 Å². The van der Waals surface area contributed by atoms with E-state index < -0.39 is 0 Å². The molecule has 133 valence electrons. The minimum atomic E-state index is 0. The van der Waals surface area contributed by atoms with Gasteiger partial charge in [-0.05, 0) is 24.3 Å². The molecule has 26 heavy (non-hydrogen) atoms. The van der Waals surface area contributed by atoms with E-state index in [1.165, 1.54) is 4.70 Å². The van der Waals surface area contributed by atoms with Crippen molar-refractivity contribution in [2.75, 3.05) is 7.05 Å². The molecular formula is C21H17IrN2OS-. The SMILES string of the molecule is CN=Cc1ccccc1O.[Ir].[c-]1ccccc1-c1nc2ccccc2s1. The average Bonchev–Trinajstić information content (AvgIpc) is 3.09.